The number of methoxy groups -OCH3 is 3. The molecule has 0 amide bonds. The molecule has 2 aromatic carbocycles. The van der Waals surface area contributed by atoms with Gasteiger partial charge in [0.1, 0.15) is 5.52 Å². The summed E-state index contributed by atoms with van der Waals surface area (Å²) < 4.78 is 19.0. The summed E-state index contributed by atoms with van der Waals surface area (Å²) >= 11 is 7.67. The van der Waals surface area contributed by atoms with Crippen LogP contribution in [0, 0.1) is 0 Å². The lowest BCUT2D eigenvalue weighted by Crippen LogP contribution is -1.99. The van der Waals surface area contributed by atoms with Gasteiger partial charge in [0.2, 0.25) is 5.75 Å². The minimum absolute atomic E-state index is 0.514. The summed E-state index contributed by atoms with van der Waals surface area (Å²) in [4.78, 5) is 10.7. The van der Waals surface area contributed by atoms with Crippen LogP contribution in [0.5, 0.6) is 17.2 Å². The Labute approximate surface area is 175 Å². The number of pyridine rings is 1. The molecule has 0 aliphatic heterocycles. The predicted molar refractivity (Wildman–Crippen MR) is 116 cm³/mol. The van der Waals surface area contributed by atoms with E-state index in [1.165, 1.54) is 0 Å². The van der Waals surface area contributed by atoms with Gasteiger partial charge in [-0.25, -0.2) is 9.97 Å². The lowest BCUT2D eigenvalue weighted by molar-refractivity contribution is 0.327. The molecule has 8 heteroatoms. The van der Waals surface area contributed by atoms with Crippen molar-refractivity contribution in [1.82, 2.24) is 14.4 Å². The van der Waals surface area contributed by atoms with Gasteiger partial charge in [-0.1, -0.05) is 23.7 Å². The van der Waals surface area contributed by atoms with Gasteiger partial charge >= 0.3 is 0 Å². The molecule has 0 unspecified atom stereocenters. The summed E-state index contributed by atoms with van der Waals surface area (Å²) in [5.74, 6) is 1.64. The van der Waals surface area contributed by atoms with Gasteiger partial charge < -0.3 is 14.2 Å². The standard InChI is InChI=1S/C21H16ClN3O3S/c1-26-14-10-13-15(19(28-3)18(14)27-2)16(11-4-6-12(22)7-5-11)23-20-17(13)24-21-25(20)8-9-29-21/h4-10H,1-3H3. The number of rotatable bonds is 4. The maximum atomic E-state index is 6.11. The van der Waals surface area contributed by atoms with Crippen LogP contribution in [0.3, 0.4) is 0 Å². The zero-order valence-corrected chi connectivity index (χ0v) is 17.5. The number of benzene rings is 2. The van der Waals surface area contributed by atoms with Crippen molar-refractivity contribution in [3.8, 4) is 28.5 Å². The van der Waals surface area contributed by atoms with Crippen molar-refractivity contribution < 1.29 is 14.2 Å². The van der Waals surface area contributed by atoms with Crippen molar-refractivity contribution in [1.29, 1.82) is 0 Å². The Kier molecular flexibility index (Phi) is 4.22. The first-order valence-electron chi connectivity index (χ1n) is 8.80. The molecule has 0 saturated heterocycles. The highest BCUT2D eigenvalue weighted by molar-refractivity contribution is 7.15. The van der Waals surface area contributed by atoms with E-state index in [2.05, 4.69) is 0 Å². The average Bonchev–Trinajstić information content (AvgIpc) is 3.34. The first kappa shape index (κ1) is 18.0. The molecule has 0 radical (unpaired) electrons. The minimum atomic E-state index is 0.514. The van der Waals surface area contributed by atoms with Crippen molar-refractivity contribution >= 4 is 49.8 Å². The van der Waals surface area contributed by atoms with Crippen LogP contribution in [0.2, 0.25) is 5.02 Å². The summed E-state index contributed by atoms with van der Waals surface area (Å²) in [7, 11) is 4.80. The highest BCUT2D eigenvalue weighted by Crippen LogP contribution is 2.48. The van der Waals surface area contributed by atoms with Crippen molar-refractivity contribution in [3.05, 3.63) is 46.9 Å². The van der Waals surface area contributed by atoms with E-state index < -0.39 is 0 Å². The zero-order chi connectivity index (χ0) is 20.1. The molecule has 0 N–H and O–H groups in total. The third-order valence-corrected chi connectivity index (χ3v) is 5.90. The Morgan fingerprint density at radius 3 is 2.41 bits per heavy atom. The van der Waals surface area contributed by atoms with Crippen LogP contribution >= 0.6 is 22.9 Å². The van der Waals surface area contributed by atoms with E-state index in [1.807, 2.05) is 46.3 Å². The number of thiazole rings is 1. The summed E-state index contributed by atoms with van der Waals surface area (Å²) in [6, 6.07) is 9.50. The fraction of sp³-hybridized carbons (Fsp3) is 0.143. The normalized spacial score (nSPS) is 11.4. The van der Waals surface area contributed by atoms with E-state index in [-0.39, 0.29) is 0 Å². The van der Waals surface area contributed by atoms with Gasteiger partial charge in [0, 0.05) is 27.5 Å². The first-order valence-corrected chi connectivity index (χ1v) is 10.1. The fourth-order valence-electron chi connectivity index (χ4n) is 3.62. The number of hydrogen-bond donors (Lipinski definition) is 0. The number of halogens is 1. The second-order valence-corrected chi connectivity index (χ2v) is 7.68. The third-order valence-electron chi connectivity index (χ3n) is 4.89. The summed E-state index contributed by atoms with van der Waals surface area (Å²) in [5, 5.41) is 4.34. The van der Waals surface area contributed by atoms with Crippen LogP contribution in [-0.2, 0) is 0 Å². The number of imidazole rings is 1. The molecule has 0 aliphatic rings. The lowest BCUT2D eigenvalue weighted by atomic mass is 10.0. The molecule has 146 valence electrons. The molecule has 0 bridgehead atoms. The van der Waals surface area contributed by atoms with Crippen molar-refractivity contribution in [3.63, 3.8) is 0 Å². The second-order valence-electron chi connectivity index (χ2n) is 6.37. The topological polar surface area (TPSA) is 57.9 Å². The Bertz CT molecular complexity index is 1380. The third kappa shape index (κ3) is 2.62. The SMILES string of the molecule is COc1cc2c(c(-c3ccc(Cl)cc3)nc3c2nc2sccn23)c(OC)c1OC. The van der Waals surface area contributed by atoms with Crippen LogP contribution in [0.25, 0.3) is 38.2 Å². The van der Waals surface area contributed by atoms with Crippen LogP contribution in [0.15, 0.2) is 41.9 Å². The van der Waals surface area contributed by atoms with Gasteiger partial charge in [0.05, 0.1) is 32.4 Å². The van der Waals surface area contributed by atoms with Crippen molar-refractivity contribution in [2.24, 2.45) is 0 Å². The van der Waals surface area contributed by atoms with E-state index >= 15 is 0 Å². The Morgan fingerprint density at radius 1 is 0.966 bits per heavy atom. The molecular formula is C21H16ClN3O3S. The van der Waals surface area contributed by atoms with Gasteiger partial charge in [-0.15, -0.1) is 11.3 Å². The summed E-state index contributed by atoms with van der Waals surface area (Å²) in [6.07, 6.45) is 1.97. The molecule has 0 aliphatic carbocycles. The van der Waals surface area contributed by atoms with Gasteiger partial charge in [-0.2, -0.15) is 0 Å². The molecular weight excluding hydrogens is 410 g/mol. The Hall–Kier alpha value is -3.03. The Balaban J connectivity index is 2.02. The lowest BCUT2D eigenvalue weighted by Gasteiger charge is -2.17. The average molecular weight is 426 g/mol. The van der Waals surface area contributed by atoms with Gasteiger partial charge in [-0.3, -0.25) is 4.40 Å². The highest BCUT2D eigenvalue weighted by Gasteiger charge is 2.24. The summed E-state index contributed by atoms with van der Waals surface area (Å²) in [6.45, 7) is 0. The number of hydrogen-bond acceptors (Lipinski definition) is 6. The minimum Gasteiger partial charge on any atom is -0.493 e. The van der Waals surface area contributed by atoms with Crippen molar-refractivity contribution in [2.45, 2.75) is 0 Å². The van der Waals surface area contributed by atoms with Gasteiger partial charge in [-0.05, 0) is 18.2 Å². The van der Waals surface area contributed by atoms with E-state index in [1.54, 1.807) is 32.7 Å². The Morgan fingerprint density at radius 2 is 1.72 bits per heavy atom. The van der Waals surface area contributed by atoms with Gasteiger partial charge in [0.15, 0.2) is 22.1 Å². The molecule has 5 aromatic rings. The van der Waals surface area contributed by atoms with Crippen LogP contribution < -0.4 is 14.2 Å². The van der Waals surface area contributed by atoms with E-state index in [0.717, 1.165) is 38.2 Å². The molecule has 0 spiro atoms. The largest absolute Gasteiger partial charge is 0.493 e. The molecule has 6 nitrogen and oxygen atoms in total. The number of aromatic nitrogens is 3. The van der Waals surface area contributed by atoms with Crippen LogP contribution in [-0.4, -0.2) is 35.7 Å². The zero-order valence-electron chi connectivity index (χ0n) is 15.9. The summed E-state index contributed by atoms with van der Waals surface area (Å²) in [5.41, 5.74) is 3.23. The molecule has 0 saturated carbocycles. The monoisotopic (exact) mass is 425 g/mol. The van der Waals surface area contributed by atoms with Crippen LogP contribution in [0.4, 0.5) is 0 Å². The smallest absolute Gasteiger partial charge is 0.204 e. The van der Waals surface area contributed by atoms with Crippen molar-refractivity contribution in [2.75, 3.05) is 21.3 Å². The second kappa shape index (κ2) is 6.79. The quantitative estimate of drug-likeness (QED) is 0.383. The number of nitrogens with zero attached hydrogens (tertiary/aromatic N) is 3. The molecule has 0 fully saturated rings. The predicted octanol–water partition coefficient (Wildman–Crippen LogP) is 5.44. The maximum absolute atomic E-state index is 6.11. The molecule has 29 heavy (non-hydrogen) atoms. The van der Waals surface area contributed by atoms with Gasteiger partial charge in [0.25, 0.3) is 0 Å². The molecule has 3 heterocycles. The molecule has 0 atom stereocenters. The highest BCUT2D eigenvalue weighted by atomic mass is 35.5. The van der Waals surface area contributed by atoms with E-state index in [0.29, 0.717) is 22.3 Å². The number of fused-ring (bicyclic) bond motifs is 5. The van der Waals surface area contributed by atoms with E-state index in [4.69, 9.17) is 35.8 Å². The first-order chi connectivity index (χ1) is 14.2. The molecule has 5 rings (SSSR count). The number of ether oxygens (including phenoxy) is 3. The van der Waals surface area contributed by atoms with E-state index in [9.17, 15) is 0 Å². The van der Waals surface area contributed by atoms with Crippen LogP contribution in [0.1, 0.15) is 0 Å². The molecule has 3 aromatic heterocycles. The fourth-order valence-corrected chi connectivity index (χ4v) is 4.45. The maximum Gasteiger partial charge on any atom is 0.204 e.